The van der Waals surface area contributed by atoms with Gasteiger partial charge in [-0.25, -0.2) is 9.13 Å². The number of aliphatic hydroxyl groups excluding tert-OH is 1. The van der Waals surface area contributed by atoms with Gasteiger partial charge in [0.05, 0.1) is 26.4 Å². The Bertz CT molecular complexity index is 1470. The van der Waals surface area contributed by atoms with E-state index in [1.807, 2.05) is 0 Å². The molecular weight excluding hydrogens is 995 g/mol. The summed E-state index contributed by atoms with van der Waals surface area (Å²) in [5.41, 5.74) is 0. The number of carbonyl (C=O) groups excluding carboxylic acids is 4. The first-order valence-corrected chi connectivity index (χ1v) is 32.1. The van der Waals surface area contributed by atoms with E-state index in [-0.39, 0.29) is 25.7 Å². The minimum atomic E-state index is -4.93. The van der Waals surface area contributed by atoms with Crippen LogP contribution >= 0.6 is 15.6 Å². The number of unbranched alkanes of at least 4 members (excludes halogenated alkanes) is 27. The van der Waals surface area contributed by atoms with Crippen molar-refractivity contribution in [3.8, 4) is 0 Å². The maximum absolute atomic E-state index is 12.9. The molecule has 5 atom stereocenters. The van der Waals surface area contributed by atoms with Gasteiger partial charge in [0.1, 0.15) is 19.3 Å². The second-order valence-electron chi connectivity index (χ2n) is 20.4. The van der Waals surface area contributed by atoms with Gasteiger partial charge < -0.3 is 33.8 Å². The number of hydrogen-bond acceptors (Lipinski definition) is 15. The lowest BCUT2D eigenvalue weighted by atomic mass is 10.0. The summed E-state index contributed by atoms with van der Waals surface area (Å²) in [6.45, 7) is 6.96. The van der Waals surface area contributed by atoms with E-state index in [1.165, 1.54) is 64.2 Å². The first-order valence-electron chi connectivity index (χ1n) is 29.1. The molecule has 0 bridgehead atoms. The Labute approximate surface area is 447 Å². The molecule has 2 unspecified atom stereocenters. The lowest BCUT2D eigenvalue weighted by molar-refractivity contribution is -0.161. The normalized spacial score (nSPS) is 14.5. The highest BCUT2D eigenvalue weighted by molar-refractivity contribution is 7.47. The van der Waals surface area contributed by atoms with Gasteiger partial charge in [0, 0.05) is 25.7 Å². The maximum atomic E-state index is 12.9. The van der Waals surface area contributed by atoms with Crippen LogP contribution in [0.1, 0.15) is 266 Å². The molecule has 0 aliphatic carbocycles. The molecule has 0 aromatic rings. The molecule has 3 N–H and O–H groups in total. The number of phosphoric ester groups is 2. The minimum Gasteiger partial charge on any atom is -0.462 e. The Hall–Kier alpha value is -1.94. The predicted octanol–water partition coefficient (Wildman–Crippen LogP) is 14.3. The molecule has 0 radical (unpaired) electrons. The SMILES string of the molecule is CCCCCCCCCCCCC(=O)OC[C@H](COP(=O)(O)OC[C@@H](O)COP(=O)(O)OC[C@@H](COC(=O)CCCCCCCCC)OC(=O)CCCCCCCCC)OC(=O)CCCCCCCCCC(C)C. The lowest BCUT2D eigenvalue weighted by Gasteiger charge is -2.21. The summed E-state index contributed by atoms with van der Waals surface area (Å²) in [7, 11) is -9.86. The monoisotopic (exact) mass is 1100 g/mol. The van der Waals surface area contributed by atoms with Gasteiger partial charge in [0.15, 0.2) is 12.2 Å². The van der Waals surface area contributed by atoms with Crippen LogP contribution in [0.25, 0.3) is 0 Å². The molecule has 0 saturated heterocycles. The van der Waals surface area contributed by atoms with Crippen LogP contribution in [0.15, 0.2) is 0 Å². The zero-order valence-electron chi connectivity index (χ0n) is 47.0. The number of ether oxygens (including phenoxy) is 4. The number of phosphoric acid groups is 2. The van der Waals surface area contributed by atoms with Gasteiger partial charge in [0.25, 0.3) is 0 Å². The average Bonchev–Trinajstić information content (AvgIpc) is 3.36. The highest BCUT2D eigenvalue weighted by Gasteiger charge is 2.30. The zero-order chi connectivity index (χ0) is 55.0. The largest absolute Gasteiger partial charge is 0.472 e. The Morgan fingerprint density at radius 3 is 0.919 bits per heavy atom. The fourth-order valence-corrected chi connectivity index (χ4v) is 9.57. The van der Waals surface area contributed by atoms with Crippen molar-refractivity contribution in [1.82, 2.24) is 0 Å². The van der Waals surface area contributed by atoms with E-state index in [0.717, 1.165) is 116 Å². The van der Waals surface area contributed by atoms with E-state index in [4.69, 9.17) is 37.0 Å². The van der Waals surface area contributed by atoms with E-state index in [2.05, 4.69) is 34.6 Å². The van der Waals surface area contributed by atoms with E-state index in [0.29, 0.717) is 31.6 Å². The number of hydrogen-bond donors (Lipinski definition) is 3. The zero-order valence-corrected chi connectivity index (χ0v) is 48.7. The summed E-state index contributed by atoms with van der Waals surface area (Å²) in [6, 6.07) is 0. The van der Waals surface area contributed by atoms with Crippen LogP contribution in [-0.2, 0) is 65.4 Å². The summed E-state index contributed by atoms with van der Waals surface area (Å²) >= 11 is 0. The van der Waals surface area contributed by atoms with E-state index in [1.54, 1.807) is 0 Å². The highest BCUT2D eigenvalue weighted by atomic mass is 31.2. The van der Waals surface area contributed by atoms with E-state index >= 15 is 0 Å². The van der Waals surface area contributed by atoms with Crippen molar-refractivity contribution in [1.29, 1.82) is 0 Å². The third kappa shape index (κ3) is 49.6. The smallest absolute Gasteiger partial charge is 0.462 e. The van der Waals surface area contributed by atoms with Gasteiger partial charge in [0.2, 0.25) is 0 Å². The van der Waals surface area contributed by atoms with Crippen molar-refractivity contribution in [3.05, 3.63) is 0 Å². The van der Waals surface area contributed by atoms with Crippen LogP contribution in [0.3, 0.4) is 0 Å². The summed E-state index contributed by atoms with van der Waals surface area (Å²) in [4.78, 5) is 71.5. The predicted molar refractivity (Wildman–Crippen MR) is 289 cm³/mol. The van der Waals surface area contributed by atoms with E-state index in [9.17, 15) is 43.2 Å². The first-order chi connectivity index (χ1) is 35.5. The summed E-state index contributed by atoms with van der Waals surface area (Å²) in [5.74, 6) is -1.46. The number of rotatable bonds is 55. The lowest BCUT2D eigenvalue weighted by Crippen LogP contribution is -2.30. The van der Waals surface area contributed by atoms with Crippen LogP contribution in [0, 0.1) is 5.92 Å². The second-order valence-corrected chi connectivity index (χ2v) is 23.4. The molecule has 438 valence electrons. The van der Waals surface area contributed by atoms with Gasteiger partial charge >= 0.3 is 39.5 Å². The van der Waals surface area contributed by atoms with Crippen molar-refractivity contribution in [3.63, 3.8) is 0 Å². The molecule has 0 aromatic carbocycles. The van der Waals surface area contributed by atoms with Gasteiger partial charge in [-0.2, -0.15) is 0 Å². The number of aliphatic hydroxyl groups is 1. The average molecular weight is 1100 g/mol. The van der Waals surface area contributed by atoms with Crippen LogP contribution in [0.5, 0.6) is 0 Å². The molecular formula is C55H106O17P2. The van der Waals surface area contributed by atoms with Gasteiger partial charge in [-0.1, -0.05) is 214 Å². The molecule has 74 heavy (non-hydrogen) atoms. The van der Waals surface area contributed by atoms with Gasteiger partial charge in [-0.15, -0.1) is 0 Å². The molecule has 0 saturated carbocycles. The van der Waals surface area contributed by atoms with Crippen LogP contribution in [0.2, 0.25) is 0 Å². The highest BCUT2D eigenvalue weighted by Crippen LogP contribution is 2.45. The molecule has 0 amide bonds. The summed E-state index contributed by atoms with van der Waals surface area (Å²) < 4.78 is 67.4. The second kappa shape index (κ2) is 49.4. The minimum absolute atomic E-state index is 0.103. The molecule has 0 aromatic heterocycles. The molecule has 19 heteroatoms. The van der Waals surface area contributed by atoms with Gasteiger partial charge in [-0.05, 0) is 31.6 Å². The third-order valence-electron chi connectivity index (χ3n) is 12.5. The molecule has 0 aliphatic heterocycles. The maximum Gasteiger partial charge on any atom is 0.472 e. The fraction of sp³-hybridized carbons (Fsp3) is 0.927. The summed E-state index contributed by atoms with van der Waals surface area (Å²) in [5, 5.41) is 10.5. The van der Waals surface area contributed by atoms with Crippen LogP contribution in [0.4, 0.5) is 0 Å². The number of carbonyl (C=O) groups is 4. The van der Waals surface area contributed by atoms with Crippen LogP contribution in [-0.4, -0.2) is 96.7 Å². The standard InChI is InChI=1S/C55H106O17P2/c1-6-9-12-15-18-19-20-25-29-34-39-53(58)66-45-51(72-55(60)41-36-31-26-21-24-27-32-37-48(4)5)47-70-74(63,64)68-43-49(56)42-67-73(61,62)69-46-50(71-54(59)40-35-30-23-17-14-11-8-3)44-65-52(57)38-33-28-22-16-13-10-7-2/h48-51,56H,6-47H2,1-5H3,(H,61,62)(H,63,64)/t49-,50+,51+/m0/s1. The Morgan fingerprint density at radius 1 is 0.365 bits per heavy atom. The van der Waals surface area contributed by atoms with Crippen molar-refractivity contribution in [2.75, 3.05) is 39.6 Å². The number of esters is 4. The van der Waals surface area contributed by atoms with Crippen LogP contribution < -0.4 is 0 Å². The van der Waals surface area contributed by atoms with E-state index < -0.39 is 97.5 Å². The van der Waals surface area contributed by atoms with Gasteiger partial charge in [-0.3, -0.25) is 37.3 Å². The topological polar surface area (TPSA) is 237 Å². The fourth-order valence-electron chi connectivity index (χ4n) is 7.99. The Balaban J connectivity index is 5.19. The van der Waals surface area contributed by atoms with Crippen molar-refractivity contribution in [2.24, 2.45) is 5.92 Å². The first kappa shape index (κ1) is 72.1. The molecule has 0 heterocycles. The molecule has 17 nitrogen and oxygen atoms in total. The Kier molecular flexibility index (Phi) is 48.1. The molecule has 0 fully saturated rings. The Morgan fingerprint density at radius 2 is 0.622 bits per heavy atom. The third-order valence-corrected chi connectivity index (χ3v) is 14.4. The molecule has 0 rings (SSSR count). The van der Waals surface area contributed by atoms with Crippen molar-refractivity contribution in [2.45, 2.75) is 284 Å². The van der Waals surface area contributed by atoms with Crippen molar-refractivity contribution < 1.29 is 80.2 Å². The van der Waals surface area contributed by atoms with Crippen molar-refractivity contribution >= 4 is 39.5 Å². The summed E-state index contributed by atoms with van der Waals surface area (Å²) in [6.07, 6.45) is 29.7. The molecule has 0 spiro atoms. The quantitative estimate of drug-likeness (QED) is 0.0222. The molecule has 0 aliphatic rings.